The van der Waals surface area contributed by atoms with Crippen molar-refractivity contribution in [3.8, 4) is 16.3 Å². The number of nitrogens with two attached hydrogens (primary N) is 1. The van der Waals surface area contributed by atoms with Gasteiger partial charge in [0, 0.05) is 31.8 Å². The predicted molar refractivity (Wildman–Crippen MR) is 93.9 cm³/mol. The van der Waals surface area contributed by atoms with Crippen molar-refractivity contribution in [1.29, 1.82) is 0 Å². The van der Waals surface area contributed by atoms with Crippen LogP contribution in [0.5, 0.6) is 5.75 Å². The minimum absolute atomic E-state index is 0.127. The molecule has 0 saturated heterocycles. The van der Waals surface area contributed by atoms with E-state index in [0.717, 1.165) is 4.70 Å². The topological polar surface area (TPSA) is 109 Å². The second-order valence-corrected chi connectivity index (χ2v) is 6.30. The second kappa shape index (κ2) is 7.03. The molecule has 0 unspecified atom stereocenters. The van der Waals surface area contributed by atoms with Gasteiger partial charge in [-0.1, -0.05) is 0 Å². The molecular weight excluding hydrogens is 347 g/mol. The summed E-state index contributed by atoms with van der Waals surface area (Å²) in [5, 5.41) is 11.7. The molecule has 0 saturated carbocycles. The summed E-state index contributed by atoms with van der Waals surface area (Å²) < 4.78 is 19.6. The number of aromatic nitrogens is 3. The van der Waals surface area contributed by atoms with Crippen molar-refractivity contribution in [3.05, 3.63) is 24.1 Å². The average Bonchev–Trinajstić information content (AvgIpc) is 3.19. The number of fused-ring (bicyclic) bond motifs is 1. The first kappa shape index (κ1) is 17.1. The number of anilines is 1. The van der Waals surface area contributed by atoms with E-state index < -0.39 is 5.82 Å². The Morgan fingerprint density at radius 1 is 1.52 bits per heavy atom. The number of carbonyl (C=O) groups excluding carboxylic acids is 1. The van der Waals surface area contributed by atoms with Gasteiger partial charge in [0.2, 0.25) is 5.91 Å². The maximum absolute atomic E-state index is 13.8. The standard InChI is InChI=1S/C15H17FN6O2S/c1-8(23)18-3-4-22(17)14-9(7-19-21-14)15-20-11-5-10(16)12(24-2)6-13(11)25-15/h5-7H,3-4,17H2,1-2H3,(H,18,23)(H,19,21). The third kappa shape index (κ3) is 3.54. The third-order valence-electron chi connectivity index (χ3n) is 3.51. The number of benzene rings is 1. The maximum Gasteiger partial charge on any atom is 0.216 e. The predicted octanol–water partition coefficient (Wildman–Crippen LogP) is 1.65. The molecular formula is C15H17FN6O2S. The van der Waals surface area contributed by atoms with Gasteiger partial charge in [-0.2, -0.15) is 5.10 Å². The van der Waals surface area contributed by atoms with Crippen molar-refractivity contribution in [1.82, 2.24) is 20.5 Å². The molecule has 3 rings (SSSR count). The number of ether oxygens (including phenoxy) is 1. The largest absolute Gasteiger partial charge is 0.494 e. The third-order valence-corrected chi connectivity index (χ3v) is 4.56. The van der Waals surface area contributed by atoms with Gasteiger partial charge in [-0.05, 0) is 0 Å². The minimum atomic E-state index is -0.463. The highest BCUT2D eigenvalue weighted by Gasteiger charge is 2.18. The first-order chi connectivity index (χ1) is 12.0. The summed E-state index contributed by atoms with van der Waals surface area (Å²) in [5.41, 5.74) is 1.23. The summed E-state index contributed by atoms with van der Waals surface area (Å²) in [6, 6.07) is 2.95. The Labute approximate surface area is 146 Å². The van der Waals surface area contributed by atoms with Crippen LogP contribution in [0.2, 0.25) is 0 Å². The van der Waals surface area contributed by atoms with Gasteiger partial charge in [0.15, 0.2) is 17.4 Å². The van der Waals surface area contributed by atoms with E-state index in [9.17, 15) is 9.18 Å². The zero-order chi connectivity index (χ0) is 18.0. The number of hydrogen-bond acceptors (Lipinski definition) is 7. The molecule has 3 aromatic rings. The first-order valence-electron chi connectivity index (χ1n) is 7.44. The fourth-order valence-corrected chi connectivity index (χ4v) is 3.31. The summed E-state index contributed by atoms with van der Waals surface area (Å²) >= 11 is 1.38. The summed E-state index contributed by atoms with van der Waals surface area (Å²) in [6.07, 6.45) is 1.68. The highest BCUT2D eigenvalue weighted by Crippen LogP contribution is 2.36. The van der Waals surface area contributed by atoms with E-state index in [0.29, 0.717) is 35.0 Å². The fraction of sp³-hybridized carbons (Fsp3) is 0.267. The molecule has 0 aliphatic carbocycles. The van der Waals surface area contributed by atoms with Gasteiger partial charge in [-0.15, -0.1) is 11.3 Å². The Morgan fingerprint density at radius 3 is 3.04 bits per heavy atom. The molecule has 1 aromatic carbocycles. The highest BCUT2D eigenvalue weighted by molar-refractivity contribution is 7.21. The number of nitrogens with zero attached hydrogens (tertiary/aromatic N) is 3. The van der Waals surface area contributed by atoms with Gasteiger partial charge in [-0.3, -0.25) is 14.9 Å². The second-order valence-electron chi connectivity index (χ2n) is 5.27. The molecule has 25 heavy (non-hydrogen) atoms. The van der Waals surface area contributed by atoms with Crippen molar-refractivity contribution in [2.45, 2.75) is 6.92 Å². The lowest BCUT2D eigenvalue weighted by molar-refractivity contribution is -0.118. The van der Waals surface area contributed by atoms with Crippen molar-refractivity contribution in [2.24, 2.45) is 5.84 Å². The van der Waals surface area contributed by atoms with Crippen LogP contribution < -0.4 is 20.9 Å². The molecule has 8 nitrogen and oxygen atoms in total. The first-order valence-corrected chi connectivity index (χ1v) is 8.26. The van der Waals surface area contributed by atoms with Gasteiger partial charge in [0.25, 0.3) is 0 Å². The number of carbonyl (C=O) groups is 1. The van der Waals surface area contributed by atoms with E-state index in [1.807, 2.05) is 0 Å². The van der Waals surface area contributed by atoms with Crippen LogP contribution in [-0.2, 0) is 4.79 Å². The molecule has 0 aliphatic heterocycles. The van der Waals surface area contributed by atoms with Crippen LogP contribution in [-0.4, -0.2) is 41.3 Å². The number of thiazole rings is 1. The van der Waals surface area contributed by atoms with Gasteiger partial charge < -0.3 is 10.1 Å². The lowest BCUT2D eigenvalue weighted by atomic mass is 10.3. The highest BCUT2D eigenvalue weighted by atomic mass is 32.1. The van der Waals surface area contributed by atoms with Crippen LogP contribution in [0.1, 0.15) is 6.92 Å². The SMILES string of the molecule is COc1cc2sc(-c3c[nH]nc3N(N)CCNC(C)=O)nc2cc1F. The zero-order valence-corrected chi connectivity index (χ0v) is 14.5. The van der Waals surface area contributed by atoms with Crippen molar-refractivity contribution >= 4 is 33.3 Å². The summed E-state index contributed by atoms with van der Waals surface area (Å²) in [6.45, 7) is 2.21. The molecule has 0 atom stereocenters. The van der Waals surface area contributed by atoms with Crippen LogP contribution in [0, 0.1) is 5.82 Å². The zero-order valence-electron chi connectivity index (χ0n) is 13.7. The van der Waals surface area contributed by atoms with Gasteiger partial charge >= 0.3 is 0 Å². The van der Waals surface area contributed by atoms with E-state index in [-0.39, 0.29) is 11.7 Å². The molecule has 132 valence electrons. The van der Waals surface area contributed by atoms with E-state index in [2.05, 4.69) is 20.5 Å². The van der Waals surface area contributed by atoms with Crippen LogP contribution >= 0.6 is 11.3 Å². The summed E-state index contributed by atoms with van der Waals surface area (Å²) in [4.78, 5) is 15.4. The minimum Gasteiger partial charge on any atom is -0.494 e. The Bertz CT molecular complexity index is 909. The number of aromatic amines is 1. The number of halogens is 1. The molecule has 1 amide bonds. The van der Waals surface area contributed by atoms with Crippen LogP contribution in [0.4, 0.5) is 10.2 Å². The quantitative estimate of drug-likeness (QED) is 0.453. The number of rotatable bonds is 6. The summed E-state index contributed by atoms with van der Waals surface area (Å²) in [5.74, 6) is 6.10. The van der Waals surface area contributed by atoms with Gasteiger partial charge in [0.1, 0.15) is 5.01 Å². The smallest absolute Gasteiger partial charge is 0.216 e. The van der Waals surface area contributed by atoms with Gasteiger partial charge in [0.05, 0.1) is 29.4 Å². The van der Waals surface area contributed by atoms with Crippen LogP contribution in [0.15, 0.2) is 18.3 Å². The van der Waals surface area contributed by atoms with E-state index in [4.69, 9.17) is 10.6 Å². The summed E-state index contributed by atoms with van der Waals surface area (Å²) in [7, 11) is 1.42. The lowest BCUT2D eigenvalue weighted by Gasteiger charge is -2.16. The van der Waals surface area contributed by atoms with Crippen molar-refractivity contribution in [3.63, 3.8) is 0 Å². The molecule has 10 heteroatoms. The van der Waals surface area contributed by atoms with Crippen LogP contribution in [0.3, 0.4) is 0 Å². The number of H-pyrrole nitrogens is 1. The van der Waals surface area contributed by atoms with Crippen molar-refractivity contribution < 1.29 is 13.9 Å². The molecule has 0 radical (unpaired) electrons. The van der Waals surface area contributed by atoms with E-state index in [1.165, 1.54) is 36.4 Å². The van der Waals surface area contributed by atoms with Gasteiger partial charge in [-0.25, -0.2) is 15.2 Å². The lowest BCUT2D eigenvalue weighted by Crippen LogP contribution is -2.39. The normalized spacial score (nSPS) is 10.9. The average molecular weight is 364 g/mol. The molecule has 4 N–H and O–H groups in total. The Morgan fingerprint density at radius 2 is 2.32 bits per heavy atom. The van der Waals surface area contributed by atoms with Crippen molar-refractivity contribution in [2.75, 3.05) is 25.2 Å². The van der Waals surface area contributed by atoms with Crippen LogP contribution in [0.25, 0.3) is 20.8 Å². The van der Waals surface area contributed by atoms with E-state index >= 15 is 0 Å². The Balaban J connectivity index is 1.89. The number of hydrogen-bond donors (Lipinski definition) is 3. The number of amides is 1. The molecule has 0 bridgehead atoms. The number of hydrazine groups is 1. The number of methoxy groups -OCH3 is 1. The molecule has 0 fully saturated rings. The number of nitrogens with one attached hydrogen (secondary N) is 2. The molecule has 2 heterocycles. The Hall–Kier alpha value is -2.72. The monoisotopic (exact) mass is 364 g/mol. The molecule has 0 aliphatic rings. The molecule has 0 spiro atoms. The maximum atomic E-state index is 13.8. The fourth-order valence-electron chi connectivity index (χ4n) is 2.32. The molecule has 2 aromatic heterocycles. The van der Waals surface area contributed by atoms with E-state index in [1.54, 1.807) is 12.3 Å². The Kier molecular flexibility index (Phi) is 4.81.